The van der Waals surface area contributed by atoms with Crippen molar-refractivity contribution in [3.8, 4) is 5.75 Å². The van der Waals surface area contributed by atoms with Gasteiger partial charge in [0.05, 0.1) is 12.5 Å². The molecule has 0 radical (unpaired) electrons. The molecule has 2 rings (SSSR count). The molecule has 0 saturated heterocycles. The molecule has 0 aliphatic heterocycles. The van der Waals surface area contributed by atoms with E-state index in [1.54, 1.807) is 56.3 Å². The maximum absolute atomic E-state index is 13.4. The summed E-state index contributed by atoms with van der Waals surface area (Å²) in [5.74, 6) is -5.75. The van der Waals surface area contributed by atoms with Gasteiger partial charge in [-0.25, -0.2) is 0 Å². The highest BCUT2D eigenvalue weighted by Crippen LogP contribution is 2.11. The first-order chi connectivity index (χ1) is 20.7. The van der Waals surface area contributed by atoms with Gasteiger partial charge in [-0.15, -0.1) is 0 Å². The standard InChI is InChI=1S/C30H40N6O8/c1-16(2)25(26(32)40)36-30(44)23(15-24(38)39)35-29(43)22(14-18-7-5-4-6-8-18)34-27(41)17(3)33-28(42)21(31)13-19-9-11-20(37)12-10-19/h4-12,16-17,21-23,25,37H,13-15,31H2,1-3H3,(H2,32,40)(H,33,42)(H,34,41)(H,35,43)(H,36,44)(H,38,39)/t17-,21+,22+,23+,25+/m1/s1. The van der Waals surface area contributed by atoms with Crippen LogP contribution in [0, 0.1) is 5.92 Å². The molecule has 0 aliphatic rings. The van der Waals surface area contributed by atoms with Gasteiger partial charge >= 0.3 is 5.97 Å². The Hall–Kier alpha value is -4.98. The number of nitrogens with two attached hydrogens (primary N) is 2. The molecule has 0 bridgehead atoms. The predicted octanol–water partition coefficient (Wildman–Crippen LogP) is -0.920. The van der Waals surface area contributed by atoms with Crippen LogP contribution in [0.2, 0.25) is 0 Å². The minimum Gasteiger partial charge on any atom is -0.508 e. The number of nitrogens with one attached hydrogen (secondary N) is 4. The lowest BCUT2D eigenvalue weighted by Crippen LogP contribution is -2.59. The van der Waals surface area contributed by atoms with E-state index in [1.165, 1.54) is 19.1 Å². The van der Waals surface area contributed by atoms with Crippen LogP contribution in [0.3, 0.4) is 0 Å². The van der Waals surface area contributed by atoms with Gasteiger partial charge in [0.15, 0.2) is 0 Å². The van der Waals surface area contributed by atoms with Crippen molar-refractivity contribution in [1.29, 1.82) is 0 Å². The van der Waals surface area contributed by atoms with Crippen molar-refractivity contribution in [2.45, 2.75) is 70.2 Å². The number of phenols is 1. The van der Waals surface area contributed by atoms with Crippen LogP contribution in [0.4, 0.5) is 0 Å². The molecule has 14 heteroatoms. The molecular weight excluding hydrogens is 572 g/mol. The first-order valence-corrected chi connectivity index (χ1v) is 14.0. The second-order valence-electron chi connectivity index (χ2n) is 10.7. The van der Waals surface area contributed by atoms with E-state index in [4.69, 9.17) is 11.5 Å². The van der Waals surface area contributed by atoms with E-state index in [2.05, 4.69) is 21.3 Å². The summed E-state index contributed by atoms with van der Waals surface area (Å²) in [4.78, 5) is 75.4. The SMILES string of the molecule is CC(C)[C@H](NC(=O)[C@H](CC(=O)O)NC(=O)[C@H](Cc1ccccc1)NC(=O)[C@@H](C)NC(=O)[C@@H](N)Cc1ccc(O)cc1)C(N)=O. The van der Waals surface area contributed by atoms with E-state index in [0.717, 1.165) is 0 Å². The number of primary amides is 1. The van der Waals surface area contributed by atoms with Crippen molar-refractivity contribution in [3.05, 3.63) is 65.7 Å². The Morgan fingerprint density at radius 1 is 0.705 bits per heavy atom. The normalized spacial score (nSPS) is 14.3. The summed E-state index contributed by atoms with van der Waals surface area (Å²) < 4.78 is 0. The monoisotopic (exact) mass is 612 g/mol. The molecule has 0 aliphatic carbocycles. The first-order valence-electron chi connectivity index (χ1n) is 14.0. The molecule has 238 valence electrons. The quantitative estimate of drug-likeness (QED) is 0.117. The Balaban J connectivity index is 2.17. The Labute approximate surface area is 254 Å². The molecule has 5 amide bonds. The lowest BCUT2D eigenvalue weighted by molar-refractivity contribution is -0.141. The maximum Gasteiger partial charge on any atom is 0.305 e. The van der Waals surface area contributed by atoms with Crippen molar-refractivity contribution < 1.29 is 39.0 Å². The number of carboxylic acid groups (broad SMARTS) is 1. The summed E-state index contributed by atoms with van der Waals surface area (Å²) in [7, 11) is 0. The average molecular weight is 613 g/mol. The molecular formula is C30H40N6O8. The van der Waals surface area contributed by atoms with Gasteiger partial charge in [-0.1, -0.05) is 56.3 Å². The lowest BCUT2D eigenvalue weighted by Gasteiger charge is -2.26. The Morgan fingerprint density at radius 2 is 1.25 bits per heavy atom. The Kier molecular flexibility index (Phi) is 13.3. The van der Waals surface area contributed by atoms with Crippen LogP contribution in [0.1, 0.15) is 38.3 Å². The number of aromatic hydroxyl groups is 1. The van der Waals surface area contributed by atoms with E-state index < -0.39 is 78.1 Å². The fourth-order valence-corrected chi connectivity index (χ4v) is 4.20. The van der Waals surface area contributed by atoms with Gasteiger partial charge < -0.3 is 42.9 Å². The maximum atomic E-state index is 13.4. The number of amides is 5. The van der Waals surface area contributed by atoms with Gasteiger partial charge in [0.25, 0.3) is 0 Å². The molecule has 2 aromatic rings. The first kappa shape index (κ1) is 35.2. The number of hydrogen-bond donors (Lipinski definition) is 8. The zero-order chi connectivity index (χ0) is 33.0. The summed E-state index contributed by atoms with van der Waals surface area (Å²) in [5.41, 5.74) is 12.7. The van der Waals surface area contributed by atoms with Crippen molar-refractivity contribution in [3.63, 3.8) is 0 Å². The van der Waals surface area contributed by atoms with E-state index >= 15 is 0 Å². The number of phenolic OH excluding ortho intramolecular Hbond substituents is 1. The highest BCUT2D eigenvalue weighted by atomic mass is 16.4. The third kappa shape index (κ3) is 11.4. The number of carbonyl (C=O) groups excluding carboxylic acids is 5. The van der Waals surface area contributed by atoms with Crippen molar-refractivity contribution in [2.24, 2.45) is 17.4 Å². The highest BCUT2D eigenvalue weighted by Gasteiger charge is 2.32. The summed E-state index contributed by atoms with van der Waals surface area (Å²) in [5, 5.41) is 28.6. The fourth-order valence-electron chi connectivity index (χ4n) is 4.20. The van der Waals surface area contributed by atoms with Crippen molar-refractivity contribution >= 4 is 35.5 Å². The molecule has 44 heavy (non-hydrogen) atoms. The van der Waals surface area contributed by atoms with Gasteiger partial charge in [-0.05, 0) is 42.5 Å². The van der Waals surface area contributed by atoms with Crippen LogP contribution in [0.15, 0.2) is 54.6 Å². The molecule has 0 spiro atoms. The average Bonchev–Trinajstić information content (AvgIpc) is 2.95. The van der Waals surface area contributed by atoms with Crippen LogP contribution in [-0.4, -0.2) is 75.9 Å². The minimum atomic E-state index is -1.59. The largest absolute Gasteiger partial charge is 0.508 e. The van der Waals surface area contributed by atoms with Crippen LogP contribution in [0.5, 0.6) is 5.75 Å². The summed E-state index contributed by atoms with van der Waals surface area (Å²) >= 11 is 0. The molecule has 2 aromatic carbocycles. The van der Waals surface area contributed by atoms with Gasteiger partial charge in [0.2, 0.25) is 29.5 Å². The van der Waals surface area contributed by atoms with Gasteiger partial charge in [-0.2, -0.15) is 0 Å². The molecule has 0 fully saturated rings. The van der Waals surface area contributed by atoms with E-state index in [0.29, 0.717) is 11.1 Å². The van der Waals surface area contributed by atoms with Gasteiger partial charge in [-0.3, -0.25) is 28.8 Å². The number of carboxylic acids is 1. The number of aliphatic carboxylic acids is 1. The van der Waals surface area contributed by atoms with E-state index in [-0.39, 0.29) is 18.6 Å². The second kappa shape index (κ2) is 16.6. The topological polar surface area (TPSA) is 243 Å². The smallest absolute Gasteiger partial charge is 0.305 e. The molecule has 10 N–H and O–H groups in total. The number of hydrogen-bond acceptors (Lipinski definition) is 8. The molecule has 5 atom stereocenters. The lowest BCUT2D eigenvalue weighted by atomic mass is 10.0. The van der Waals surface area contributed by atoms with Crippen LogP contribution >= 0.6 is 0 Å². The van der Waals surface area contributed by atoms with E-state index in [9.17, 15) is 39.0 Å². The Bertz CT molecular complexity index is 1320. The summed E-state index contributed by atoms with van der Waals surface area (Å²) in [6.07, 6.45) is -0.699. The number of carbonyl (C=O) groups is 6. The van der Waals surface area contributed by atoms with Crippen molar-refractivity contribution in [1.82, 2.24) is 21.3 Å². The molecule has 0 saturated carbocycles. The number of rotatable bonds is 16. The van der Waals surface area contributed by atoms with Crippen LogP contribution in [-0.2, 0) is 41.6 Å². The zero-order valence-electron chi connectivity index (χ0n) is 24.8. The minimum absolute atomic E-state index is 0.0310. The highest BCUT2D eigenvalue weighted by molar-refractivity contribution is 5.97. The summed E-state index contributed by atoms with van der Waals surface area (Å²) in [6, 6.07) is 8.64. The molecule has 0 unspecified atom stereocenters. The fraction of sp³-hybridized carbons (Fsp3) is 0.400. The third-order valence-corrected chi connectivity index (χ3v) is 6.68. The molecule has 0 aromatic heterocycles. The number of benzene rings is 2. The third-order valence-electron chi connectivity index (χ3n) is 6.68. The van der Waals surface area contributed by atoms with Crippen LogP contribution in [0.25, 0.3) is 0 Å². The van der Waals surface area contributed by atoms with Crippen LogP contribution < -0.4 is 32.7 Å². The predicted molar refractivity (Wildman–Crippen MR) is 160 cm³/mol. The zero-order valence-corrected chi connectivity index (χ0v) is 24.8. The van der Waals surface area contributed by atoms with Gasteiger partial charge in [0, 0.05) is 6.42 Å². The molecule has 14 nitrogen and oxygen atoms in total. The molecule has 0 heterocycles. The van der Waals surface area contributed by atoms with Gasteiger partial charge in [0.1, 0.15) is 29.9 Å². The summed E-state index contributed by atoms with van der Waals surface area (Å²) in [6.45, 7) is 4.66. The Morgan fingerprint density at radius 3 is 1.80 bits per heavy atom. The second-order valence-corrected chi connectivity index (χ2v) is 10.7. The van der Waals surface area contributed by atoms with Crippen molar-refractivity contribution in [2.75, 3.05) is 0 Å². The van der Waals surface area contributed by atoms with E-state index in [1.807, 2.05) is 0 Å².